The Labute approximate surface area is 134 Å². The summed E-state index contributed by atoms with van der Waals surface area (Å²) in [5, 5.41) is 0. The molecule has 0 bridgehead atoms. The van der Waals surface area contributed by atoms with Gasteiger partial charge in [0.1, 0.15) is 0 Å². The van der Waals surface area contributed by atoms with Gasteiger partial charge in [-0.05, 0) is 31.4 Å². The molecular formula is C17H20N4O2. The lowest BCUT2D eigenvalue weighted by atomic mass is 10.1. The molecular weight excluding hydrogens is 292 g/mol. The Hall–Kier alpha value is -2.21. The number of hydrogen-bond acceptors (Lipinski definition) is 5. The highest BCUT2D eigenvalue weighted by Gasteiger charge is 2.37. The molecule has 2 aliphatic rings. The van der Waals surface area contributed by atoms with Crippen molar-refractivity contribution in [1.29, 1.82) is 0 Å². The zero-order valence-corrected chi connectivity index (χ0v) is 13.2. The van der Waals surface area contributed by atoms with Crippen molar-refractivity contribution in [3.8, 4) is 11.3 Å². The first kappa shape index (κ1) is 14.4. The number of ether oxygens (including phenoxy) is 1. The van der Waals surface area contributed by atoms with Crippen LogP contribution in [0.15, 0.2) is 35.4 Å². The minimum atomic E-state index is -0.0390. The van der Waals surface area contributed by atoms with Gasteiger partial charge in [-0.2, -0.15) is 0 Å². The van der Waals surface area contributed by atoms with E-state index in [-0.39, 0.29) is 11.7 Å². The van der Waals surface area contributed by atoms with Crippen molar-refractivity contribution in [1.82, 2.24) is 14.5 Å². The van der Waals surface area contributed by atoms with E-state index in [1.54, 1.807) is 30.1 Å². The molecule has 0 unspecified atom stereocenters. The summed E-state index contributed by atoms with van der Waals surface area (Å²) < 4.78 is 7.52. The fourth-order valence-corrected chi connectivity index (χ4v) is 3.63. The summed E-state index contributed by atoms with van der Waals surface area (Å²) in [4.78, 5) is 23.5. The summed E-state index contributed by atoms with van der Waals surface area (Å²) in [5.41, 5.74) is 1.57. The molecule has 23 heavy (non-hydrogen) atoms. The Morgan fingerprint density at radius 3 is 2.91 bits per heavy atom. The summed E-state index contributed by atoms with van der Waals surface area (Å²) in [5.74, 6) is 0.740. The van der Waals surface area contributed by atoms with Gasteiger partial charge in [-0.1, -0.05) is 0 Å². The predicted octanol–water partition coefficient (Wildman–Crippen LogP) is 1.60. The van der Waals surface area contributed by atoms with E-state index in [1.807, 2.05) is 12.1 Å². The Morgan fingerprint density at radius 2 is 2.09 bits per heavy atom. The smallest absolute Gasteiger partial charge is 0.255 e. The maximum atomic E-state index is 12.4. The maximum absolute atomic E-state index is 12.4. The highest BCUT2D eigenvalue weighted by molar-refractivity contribution is 5.59. The van der Waals surface area contributed by atoms with E-state index in [1.165, 1.54) is 6.42 Å². The van der Waals surface area contributed by atoms with Crippen molar-refractivity contribution < 1.29 is 4.74 Å². The van der Waals surface area contributed by atoms with Gasteiger partial charge in [0.05, 0.1) is 24.4 Å². The van der Waals surface area contributed by atoms with Crippen molar-refractivity contribution in [2.75, 3.05) is 18.1 Å². The first-order chi connectivity index (χ1) is 11.2. The zero-order chi connectivity index (χ0) is 15.8. The molecule has 0 spiro atoms. The number of pyridine rings is 1. The molecule has 0 radical (unpaired) electrons. The first-order valence-corrected chi connectivity index (χ1v) is 8.11. The van der Waals surface area contributed by atoms with Crippen LogP contribution in [0.25, 0.3) is 11.3 Å². The Balaban J connectivity index is 1.79. The maximum Gasteiger partial charge on any atom is 0.255 e. The van der Waals surface area contributed by atoms with Crippen LogP contribution in [-0.4, -0.2) is 39.8 Å². The molecule has 2 fully saturated rings. The van der Waals surface area contributed by atoms with Gasteiger partial charge in [0.25, 0.3) is 5.56 Å². The number of rotatable bonds is 2. The molecule has 3 heterocycles. The number of nitrogens with zero attached hydrogens (tertiary/aromatic N) is 4. The van der Waals surface area contributed by atoms with E-state index in [0.29, 0.717) is 18.3 Å². The molecule has 2 aromatic heterocycles. The second kappa shape index (κ2) is 5.77. The Morgan fingerprint density at radius 1 is 1.26 bits per heavy atom. The van der Waals surface area contributed by atoms with Crippen LogP contribution in [0.4, 0.5) is 5.95 Å². The van der Waals surface area contributed by atoms with E-state index in [4.69, 9.17) is 9.72 Å². The van der Waals surface area contributed by atoms with Crippen LogP contribution in [0, 0.1) is 0 Å². The first-order valence-electron chi connectivity index (χ1n) is 8.11. The highest BCUT2D eigenvalue weighted by Crippen LogP contribution is 2.32. The highest BCUT2D eigenvalue weighted by atomic mass is 16.5. The topological polar surface area (TPSA) is 60.2 Å². The second-order valence-electron chi connectivity index (χ2n) is 6.18. The van der Waals surface area contributed by atoms with Crippen LogP contribution in [-0.2, 0) is 11.8 Å². The molecule has 1 aliphatic heterocycles. The van der Waals surface area contributed by atoms with Crippen LogP contribution in [0.1, 0.15) is 19.3 Å². The van der Waals surface area contributed by atoms with Gasteiger partial charge in [-0.25, -0.2) is 4.98 Å². The van der Waals surface area contributed by atoms with E-state index in [2.05, 4.69) is 9.88 Å². The van der Waals surface area contributed by atoms with Crippen molar-refractivity contribution in [2.45, 2.75) is 31.4 Å². The fraction of sp³-hybridized carbons (Fsp3) is 0.471. The van der Waals surface area contributed by atoms with Gasteiger partial charge in [0.15, 0.2) is 0 Å². The number of aromatic nitrogens is 3. The van der Waals surface area contributed by atoms with Gasteiger partial charge in [-0.15, -0.1) is 0 Å². The molecule has 1 aliphatic carbocycles. The minimum Gasteiger partial charge on any atom is -0.374 e. The number of anilines is 1. The second-order valence-corrected chi connectivity index (χ2v) is 6.18. The van der Waals surface area contributed by atoms with Gasteiger partial charge < -0.3 is 9.64 Å². The lowest BCUT2D eigenvalue weighted by Gasteiger charge is -2.38. The Kier molecular flexibility index (Phi) is 3.61. The standard InChI is InChI=1S/C17H20N4O2/c1-20-16(22)11-13(12-5-7-18-8-6-12)19-17(20)21-9-10-23-15-4-2-3-14(15)21/h5-8,11,14-15H,2-4,9-10H2,1H3/t14-,15-/m1/s1. The SMILES string of the molecule is Cn1c(N2CCO[C@@H]3CCC[C@H]32)nc(-c2ccncc2)cc1=O. The van der Waals surface area contributed by atoms with Gasteiger partial charge in [-0.3, -0.25) is 14.3 Å². The molecule has 120 valence electrons. The van der Waals surface area contributed by atoms with Crippen LogP contribution < -0.4 is 10.5 Å². The van der Waals surface area contributed by atoms with Crippen molar-refractivity contribution in [3.63, 3.8) is 0 Å². The van der Waals surface area contributed by atoms with E-state index in [9.17, 15) is 4.79 Å². The number of morpholine rings is 1. The van der Waals surface area contributed by atoms with E-state index < -0.39 is 0 Å². The molecule has 0 amide bonds. The zero-order valence-electron chi connectivity index (χ0n) is 13.2. The lowest BCUT2D eigenvalue weighted by molar-refractivity contribution is 0.0247. The average Bonchev–Trinajstić information content (AvgIpc) is 3.07. The summed E-state index contributed by atoms with van der Waals surface area (Å²) in [6.45, 7) is 1.47. The third kappa shape index (κ3) is 2.53. The minimum absolute atomic E-state index is 0.0390. The normalized spacial score (nSPS) is 23.8. The number of hydrogen-bond donors (Lipinski definition) is 0. The van der Waals surface area contributed by atoms with E-state index >= 15 is 0 Å². The monoisotopic (exact) mass is 312 g/mol. The van der Waals surface area contributed by atoms with Crippen LogP contribution in [0.3, 0.4) is 0 Å². The van der Waals surface area contributed by atoms with Gasteiger partial charge in [0, 0.05) is 37.6 Å². The molecule has 2 aromatic rings. The summed E-state index contributed by atoms with van der Waals surface area (Å²) in [7, 11) is 1.79. The lowest BCUT2D eigenvalue weighted by Crippen LogP contribution is -2.50. The molecule has 0 aromatic carbocycles. The van der Waals surface area contributed by atoms with Crippen molar-refractivity contribution in [2.24, 2.45) is 7.05 Å². The Bertz CT molecular complexity index is 759. The average molecular weight is 312 g/mol. The molecule has 6 heteroatoms. The fourth-order valence-electron chi connectivity index (χ4n) is 3.63. The number of fused-ring (bicyclic) bond motifs is 1. The van der Waals surface area contributed by atoms with Crippen molar-refractivity contribution in [3.05, 3.63) is 40.9 Å². The molecule has 2 atom stereocenters. The third-order valence-electron chi connectivity index (χ3n) is 4.83. The molecule has 1 saturated heterocycles. The van der Waals surface area contributed by atoms with Gasteiger partial charge in [0.2, 0.25) is 5.95 Å². The molecule has 1 saturated carbocycles. The van der Waals surface area contributed by atoms with Crippen LogP contribution in [0.5, 0.6) is 0 Å². The van der Waals surface area contributed by atoms with E-state index in [0.717, 1.165) is 30.9 Å². The van der Waals surface area contributed by atoms with Crippen LogP contribution in [0.2, 0.25) is 0 Å². The summed E-state index contributed by atoms with van der Waals surface area (Å²) in [6.07, 6.45) is 7.07. The largest absolute Gasteiger partial charge is 0.374 e. The third-order valence-corrected chi connectivity index (χ3v) is 4.83. The van der Waals surface area contributed by atoms with Crippen molar-refractivity contribution >= 4 is 5.95 Å². The predicted molar refractivity (Wildman–Crippen MR) is 87.4 cm³/mol. The molecule has 6 nitrogen and oxygen atoms in total. The van der Waals surface area contributed by atoms with Crippen LogP contribution >= 0.6 is 0 Å². The summed E-state index contributed by atoms with van der Waals surface area (Å²) >= 11 is 0. The molecule has 4 rings (SSSR count). The summed E-state index contributed by atoms with van der Waals surface area (Å²) in [6, 6.07) is 5.67. The quantitative estimate of drug-likeness (QED) is 0.843. The van der Waals surface area contributed by atoms with Gasteiger partial charge >= 0.3 is 0 Å². The molecule has 0 N–H and O–H groups in total.